The Morgan fingerprint density at radius 1 is 1.38 bits per heavy atom. The summed E-state index contributed by atoms with van der Waals surface area (Å²) >= 11 is 1.46. The Morgan fingerprint density at radius 2 is 2.06 bits per heavy atom. The van der Waals surface area contributed by atoms with Crippen molar-refractivity contribution < 1.29 is 0 Å². The summed E-state index contributed by atoms with van der Waals surface area (Å²) in [5, 5.41) is 4.20. The van der Waals surface area contributed by atoms with Gasteiger partial charge >= 0.3 is 0 Å². The number of hydrazine groups is 1. The molecule has 4 nitrogen and oxygen atoms in total. The Kier molecular flexibility index (Phi) is 5.31. The number of hydrogen-bond donors (Lipinski definition) is 2. The Balaban J connectivity index is 2.90. The molecule has 1 aromatic heterocycles. The zero-order valence-electron chi connectivity index (χ0n) is 10.5. The van der Waals surface area contributed by atoms with E-state index in [0.29, 0.717) is 11.8 Å². The zero-order chi connectivity index (χ0) is 12.1. The molecule has 1 rings (SSSR count). The Hall–Kier alpha value is -0.520. The summed E-state index contributed by atoms with van der Waals surface area (Å²) < 4.78 is 4.05. The molecule has 92 valence electrons. The lowest BCUT2D eigenvalue weighted by atomic mass is 9.93. The lowest BCUT2D eigenvalue weighted by molar-refractivity contribution is 0.370. The van der Waals surface area contributed by atoms with E-state index in [2.05, 4.69) is 42.7 Å². The fraction of sp³-hybridized carbons (Fsp3) is 0.818. The Morgan fingerprint density at radius 3 is 2.56 bits per heavy atom. The second kappa shape index (κ2) is 6.27. The van der Waals surface area contributed by atoms with E-state index >= 15 is 0 Å². The quantitative estimate of drug-likeness (QED) is 0.594. The molecule has 0 aliphatic heterocycles. The standard InChI is InChI=1S/C11H22N4S/c1-5-6-8(4)10(13-12)11-9(7(2)3)14-15-16-11/h7-8,10,13H,5-6,12H2,1-4H3. The molecule has 0 aromatic carbocycles. The van der Waals surface area contributed by atoms with Gasteiger partial charge in [0.05, 0.1) is 16.6 Å². The highest BCUT2D eigenvalue weighted by Crippen LogP contribution is 2.32. The minimum atomic E-state index is 0.178. The van der Waals surface area contributed by atoms with Gasteiger partial charge in [0.2, 0.25) is 0 Å². The van der Waals surface area contributed by atoms with E-state index in [1.165, 1.54) is 22.8 Å². The van der Waals surface area contributed by atoms with Crippen molar-refractivity contribution in [3.63, 3.8) is 0 Å². The van der Waals surface area contributed by atoms with Gasteiger partial charge in [-0.1, -0.05) is 38.6 Å². The van der Waals surface area contributed by atoms with Crippen molar-refractivity contribution >= 4 is 11.5 Å². The second-order valence-corrected chi connectivity index (χ2v) is 5.37. The number of rotatable bonds is 6. The molecule has 1 aromatic rings. The summed E-state index contributed by atoms with van der Waals surface area (Å²) in [7, 11) is 0. The molecule has 0 saturated carbocycles. The van der Waals surface area contributed by atoms with Gasteiger partial charge < -0.3 is 0 Å². The van der Waals surface area contributed by atoms with Crippen molar-refractivity contribution in [3.05, 3.63) is 10.6 Å². The van der Waals surface area contributed by atoms with Gasteiger partial charge in [0.1, 0.15) is 0 Å². The first-order valence-electron chi connectivity index (χ1n) is 5.90. The smallest absolute Gasteiger partial charge is 0.0829 e. The molecule has 0 aliphatic rings. The maximum Gasteiger partial charge on any atom is 0.0829 e. The van der Waals surface area contributed by atoms with E-state index < -0.39 is 0 Å². The van der Waals surface area contributed by atoms with E-state index in [4.69, 9.17) is 5.84 Å². The van der Waals surface area contributed by atoms with E-state index in [1.807, 2.05) is 0 Å². The Labute approximate surface area is 102 Å². The van der Waals surface area contributed by atoms with Crippen LogP contribution < -0.4 is 11.3 Å². The summed E-state index contributed by atoms with van der Waals surface area (Å²) in [5.74, 6) is 6.58. The fourth-order valence-corrected chi connectivity index (χ4v) is 2.94. The molecule has 0 saturated heterocycles. The van der Waals surface area contributed by atoms with Crippen LogP contribution in [-0.2, 0) is 0 Å². The van der Waals surface area contributed by atoms with Crippen LogP contribution in [-0.4, -0.2) is 9.59 Å². The molecule has 0 radical (unpaired) electrons. The van der Waals surface area contributed by atoms with Crippen molar-refractivity contribution in [2.24, 2.45) is 11.8 Å². The van der Waals surface area contributed by atoms with Gasteiger partial charge in [0.15, 0.2) is 0 Å². The predicted molar refractivity (Wildman–Crippen MR) is 68.1 cm³/mol. The molecule has 0 amide bonds. The van der Waals surface area contributed by atoms with Gasteiger partial charge in [0.25, 0.3) is 0 Å². The van der Waals surface area contributed by atoms with Crippen molar-refractivity contribution in [1.29, 1.82) is 0 Å². The van der Waals surface area contributed by atoms with Gasteiger partial charge in [-0.25, -0.2) is 0 Å². The van der Waals surface area contributed by atoms with Crippen molar-refractivity contribution in [3.8, 4) is 0 Å². The molecular weight excluding hydrogens is 220 g/mol. The van der Waals surface area contributed by atoms with Gasteiger partial charge in [-0.05, 0) is 29.8 Å². The molecule has 2 unspecified atom stereocenters. The van der Waals surface area contributed by atoms with Crippen LogP contribution in [0.4, 0.5) is 0 Å². The molecule has 0 bridgehead atoms. The first-order chi connectivity index (χ1) is 7.61. The van der Waals surface area contributed by atoms with Crippen LogP contribution >= 0.6 is 11.5 Å². The minimum absolute atomic E-state index is 0.178. The van der Waals surface area contributed by atoms with Gasteiger partial charge in [-0.15, -0.1) is 5.10 Å². The summed E-state index contributed by atoms with van der Waals surface area (Å²) in [6, 6.07) is 0.178. The SMILES string of the molecule is CCCC(C)C(NN)c1snnc1C(C)C. The predicted octanol–water partition coefficient (Wildman–Crippen LogP) is 2.60. The van der Waals surface area contributed by atoms with Crippen molar-refractivity contribution in [1.82, 2.24) is 15.0 Å². The summed E-state index contributed by atoms with van der Waals surface area (Å²) in [5.41, 5.74) is 3.99. The van der Waals surface area contributed by atoms with Gasteiger partial charge in [0, 0.05) is 0 Å². The van der Waals surface area contributed by atoms with Crippen molar-refractivity contribution in [2.75, 3.05) is 0 Å². The number of nitrogens with one attached hydrogen (secondary N) is 1. The van der Waals surface area contributed by atoms with Gasteiger partial charge in [-0.2, -0.15) is 0 Å². The first-order valence-corrected chi connectivity index (χ1v) is 6.67. The number of hydrogen-bond acceptors (Lipinski definition) is 5. The van der Waals surface area contributed by atoms with E-state index in [9.17, 15) is 0 Å². The molecule has 1 heterocycles. The molecule has 3 N–H and O–H groups in total. The number of nitrogens with two attached hydrogens (primary N) is 1. The third-order valence-corrected chi connectivity index (χ3v) is 3.69. The zero-order valence-corrected chi connectivity index (χ0v) is 11.3. The second-order valence-electron chi connectivity index (χ2n) is 4.59. The van der Waals surface area contributed by atoms with Crippen LogP contribution in [0.1, 0.15) is 63.1 Å². The lowest BCUT2D eigenvalue weighted by Gasteiger charge is -2.22. The van der Waals surface area contributed by atoms with E-state index in [0.717, 1.165) is 12.1 Å². The average molecular weight is 242 g/mol. The molecular formula is C11H22N4S. The first kappa shape index (κ1) is 13.5. The number of aromatic nitrogens is 2. The normalized spacial score (nSPS) is 15.4. The lowest BCUT2D eigenvalue weighted by Crippen LogP contribution is -2.32. The van der Waals surface area contributed by atoms with E-state index in [1.54, 1.807) is 0 Å². The highest BCUT2D eigenvalue weighted by molar-refractivity contribution is 7.05. The topological polar surface area (TPSA) is 63.8 Å². The monoisotopic (exact) mass is 242 g/mol. The molecule has 5 heteroatoms. The fourth-order valence-electron chi connectivity index (χ4n) is 1.94. The highest BCUT2D eigenvalue weighted by atomic mass is 32.1. The van der Waals surface area contributed by atoms with Crippen LogP contribution in [0.3, 0.4) is 0 Å². The third-order valence-electron chi connectivity index (χ3n) is 2.86. The minimum Gasteiger partial charge on any atom is -0.271 e. The maximum atomic E-state index is 5.67. The van der Waals surface area contributed by atoms with E-state index in [-0.39, 0.29) is 6.04 Å². The van der Waals surface area contributed by atoms with Crippen LogP contribution in [0.2, 0.25) is 0 Å². The molecule has 0 fully saturated rings. The molecule has 0 spiro atoms. The summed E-state index contributed by atoms with van der Waals surface area (Å²) in [6.45, 7) is 8.69. The Bertz CT molecular complexity index is 311. The highest BCUT2D eigenvalue weighted by Gasteiger charge is 2.24. The van der Waals surface area contributed by atoms with Crippen LogP contribution in [0.5, 0.6) is 0 Å². The van der Waals surface area contributed by atoms with Gasteiger partial charge in [-0.3, -0.25) is 11.3 Å². The average Bonchev–Trinajstić information content (AvgIpc) is 2.68. The molecule has 2 atom stereocenters. The maximum absolute atomic E-state index is 5.67. The number of nitrogens with zero attached hydrogens (tertiary/aromatic N) is 2. The largest absolute Gasteiger partial charge is 0.271 e. The summed E-state index contributed by atoms with van der Waals surface area (Å²) in [6.07, 6.45) is 2.33. The van der Waals surface area contributed by atoms with Crippen LogP contribution in [0, 0.1) is 5.92 Å². The molecule has 0 aliphatic carbocycles. The molecule has 16 heavy (non-hydrogen) atoms. The van der Waals surface area contributed by atoms with Crippen LogP contribution in [0.25, 0.3) is 0 Å². The van der Waals surface area contributed by atoms with Crippen LogP contribution in [0.15, 0.2) is 0 Å². The summed E-state index contributed by atoms with van der Waals surface area (Å²) in [4.78, 5) is 1.19. The third kappa shape index (κ3) is 2.99. The van der Waals surface area contributed by atoms with Crippen molar-refractivity contribution in [2.45, 2.75) is 52.5 Å².